The molecule has 2 rings (SSSR count). The summed E-state index contributed by atoms with van der Waals surface area (Å²) in [4.78, 5) is 8.53. The van der Waals surface area contributed by atoms with Crippen molar-refractivity contribution in [1.29, 1.82) is 0 Å². The van der Waals surface area contributed by atoms with Crippen molar-refractivity contribution in [2.75, 3.05) is 0 Å². The molecule has 1 aromatic carbocycles. The molecule has 0 saturated heterocycles. The second-order valence-electron chi connectivity index (χ2n) is 2.94. The molecule has 0 aliphatic carbocycles. The number of hydrogen-bond donors (Lipinski definition) is 0. The molecular formula is C11H9ClN2. The third-order valence-electron chi connectivity index (χ3n) is 1.93. The van der Waals surface area contributed by atoms with Gasteiger partial charge in [0.05, 0.1) is 5.52 Å². The van der Waals surface area contributed by atoms with Gasteiger partial charge < -0.3 is 0 Å². The normalized spacial score (nSPS) is 10.4. The van der Waals surface area contributed by atoms with E-state index in [1.54, 1.807) is 6.08 Å². The molecule has 0 spiro atoms. The van der Waals surface area contributed by atoms with Crippen molar-refractivity contribution in [3.05, 3.63) is 47.9 Å². The lowest BCUT2D eigenvalue weighted by atomic mass is 10.2. The Morgan fingerprint density at radius 3 is 2.86 bits per heavy atom. The van der Waals surface area contributed by atoms with Gasteiger partial charge in [0.2, 0.25) is 0 Å². The second kappa shape index (κ2) is 3.76. The fourth-order valence-corrected chi connectivity index (χ4v) is 1.56. The van der Waals surface area contributed by atoms with Crippen LogP contribution in [0.1, 0.15) is 5.82 Å². The number of hydrogen-bond acceptors (Lipinski definition) is 2. The fraction of sp³-hybridized carbons (Fsp3) is 0.0909. The van der Waals surface area contributed by atoms with E-state index in [4.69, 9.17) is 11.6 Å². The highest BCUT2D eigenvalue weighted by Gasteiger charge is 2.03. The molecule has 1 aromatic heterocycles. The van der Waals surface area contributed by atoms with E-state index in [0.717, 1.165) is 10.9 Å². The molecule has 0 amide bonds. The van der Waals surface area contributed by atoms with Crippen LogP contribution in [0, 0.1) is 0 Å². The van der Waals surface area contributed by atoms with Gasteiger partial charge in [-0.25, -0.2) is 9.97 Å². The van der Waals surface area contributed by atoms with Crippen LogP contribution in [0.5, 0.6) is 0 Å². The third-order valence-corrected chi connectivity index (χ3v) is 2.22. The zero-order valence-corrected chi connectivity index (χ0v) is 8.33. The molecule has 0 saturated carbocycles. The molecule has 0 radical (unpaired) electrons. The number of aromatic nitrogens is 2. The lowest BCUT2D eigenvalue weighted by molar-refractivity contribution is 1.02. The quantitative estimate of drug-likeness (QED) is 0.555. The van der Waals surface area contributed by atoms with Crippen LogP contribution in [0.3, 0.4) is 0 Å². The fourth-order valence-electron chi connectivity index (χ4n) is 1.30. The number of rotatable bonds is 2. The van der Waals surface area contributed by atoms with Crippen LogP contribution in [-0.4, -0.2) is 9.97 Å². The number of benzene rings is 1. The topological polar surface area (TPSA) is 25.8 Å². The predicted octanol–water partition coefficient (Wildman–Crippen LogP) is 3.01. The van der Waals surface area contributed by atoms with Crippen LogP contribution in [0.25, 0.3) is 10.9 Å². The van der Waals surface area contributed by atoms with Gasteiger partial charge in [0.15, 0.2) is 0 Å². The Morgan fingerprint density at radius 2 is 2.07 bits per heavy atom. The van der Waals surface area contributed by atoms with E-state index in [1.807, 2.05) is 24.3 Å². The lowest BCUT2D eigenvalue weighted by Gasteiger charge is -2.01. The van der Waals surface area contributed by atoms with Gasteiger partial charge in [0.1, 0.15) is 11.0 Å². The molecule has 0 fully saturated rings. The van der Waals surface area contributed by atoms with Crippen molar-refractivity contribution < 1.29 is 0 Å². The van der Waals surface area contributed by atoms with Gasteiger partial charge in [-0.2, -0.15) is 0 Å². The maximum Gasteiger partial charge on any atom is 0.140 e. The Balaban J connectivity index is 2.65. The highest BCUT2D eigenvalue weighted by atomic mass is 35.5. The molecule has 0 aliphatic heterocycles. The van der Waals surface area contributed by atoms with Crippen molar-refractivity contribution in [1.82, 2.24) is 9.97 Å². The van der Waals surface area contributed by atoms with Gasteiger partial charge in [-0.15, -0.1) is 6.58 Å². The molecule has 3 heteroatoms. The summed E-state index contributed by atoms with van der Waals surface area (Å²) < 4.78 is 0. The molecule has 70 valence electrons. The van der Waals surface area contributed by atoms with Crippen LogP contribution in [0.2, 0.25) is 5.15 Å². The molecule has 1 heterocycles. The van der Waals surface area contributed by atoms with E-state index >= 15 is 0 Å². The minimum absolute atomic E-state index is 0.507. The van der Waals surface area contributed by atoms with Crippen molar-refractivity contribution >= 4 is 22.5 Å². The lowest BCUT2D eigenvalue weighted by Crippen LogP contribution is -1.94. The van der Waals surface area contributed by atoms with Crippen molar-refractivity contribution in [3.63, 3.8) is 0 Å². The zero-order valence-electron chi connectivity index (χ0n) is 7.57. The standard InChI is InChI=1S/C11H9ClN2/c1-2-5-10-13-9-7-4-3-6-8(9)11(12)14-10/h2-4,6-7H,1,5H2. The van der Waals surface area contributed by atoms with Crippen LogP contribution >= 0.6 is 11.6 Å². The van der Waals surface area contributed by atoms with Crippen LogP contribution in [0.15, 0.2) is 36.9 Å². The van der Waals surface area contributed by atoms with Crippen molar-refractivity contribution in [2.24, 2.45) is 0 Å². The molecule has 0 aliphatic rings. The summed E-state index contributed by atoms with van der Waals surface area (Å²) in [6.45, 7) is 3.64. The Kier molecular flexibility index (Phi) is 2.46. The first-order valence-electron chi connectivity index (χ1n) is 4.33. The van der Waals surface area contributed by atoms with Gasteiger partial charge in [0.25, 0.3) is 0 Å². The van der Waals surface area contributed by atoms with E-state index < -0.39 is 0 Å². The van der Waals surface area contributed by atoms with E-state index in [1.165, 1.54) is 0 Å². The Labute approximate surface area is 87.3 Å². The molecule has 14 heavy (non-hydrogen) atoms. The van der Waals surface area contributed by atoms with Crippen molar-refractivity contribution in [2.45, 2.75) is 6.42 Å². The number of para-hydroxylation sites is 1. The van der Waals surface area contributed by atoms with Gasteiger partial charge in [-0.1, -0.05) is 29.8 Å². The van der Waals surface area contributed by atoms with Gasteiger partial charge >= 0.3 is 0 Å². The van der Waals surface area contributed by atoms with Crippen LogP contribution in [0.4, 0.5) is 0 Å². The van der Waals surface area contributed by atoms with Gasteiger partial charge in [-0.3, -0.25) is 0 Å². The van der Waals surface area contributed by atoms with Crippen LogP contribution in [-0.2, 0) is 6.42 Å². The van der Waals surface area contributed by atoms with E-state index in [2.05, 4.69) is 16.5 Å². The highest BCUT2D eigenvalue weighted by molar-refractivity contribution is 6.34. The van der Waals surface area contributed by atoms with E-state index in [-0.39, 0.29) is 0 Å². The zero-order chi connectivity index (χ0) is 9.97. The molecule has 0 bridgehead atoms. The number of fused-ring (bicyclic) bond motifs is 1. The highest BCUT2D eigenvalue weighted by Crippen LogP contribution is 2.19. The minimum atomic E-state index is 0.507. The summed E-state index contributed by atoms with van der Waals surface area (Å²) in [5.41, 5.74) is 0.879. The van der Waals surface area contributed by atoms with Gasteiger partial charge in [-0.05, 0) is 12.1 Å². The predicted molar refractivity (Wildman–Crippen MR) is 58.4 cm³/mol. The molecular weight excluding hydrogens is 196 g/mol. The monoisotopic (exact) mass is 204 g/mol. The third kappa shape index (κ3) is 1.61. The van der Waals surface area contributed by atoms with E-state index in [0.29, 0.717) is 17.4 Å². The Bertz CT molecular complexity index is 480. The molecule has 2 aromatic rings. The largest absolute Gasteiger partial charge is 0.232 e. The summed E-state index contributed by atoms with van der Waals surface area (Å²) in [7, 11) is 0. The minimum Gasteiger partial charge on any atom is -0.232 e. The molecule has 0 atom stereocenters. The maximum absolute atomic E-state index is 6.01. The average molecular weight is 205 g/mol. The molecule has 0 N–H and O–H groups in total. The molecule has 2 nitrogen and oxygen atoms in total. The number of halogens is 1. The molecule has 0 unspecified atom stereocenters. The average Bonchev–Trinajstić information content (AvgIpc) is 2.18. The first-order valence-corrected chi connectivity index (χ1v) is 4.71. The first-order chi connectivity index (χ1) is 6.81. The first kappa shape index (κ1) is 9.16. The van der Waals surface area contributed by atoms with Gasteiger partial charge in [0, 0.05) is 11.8 Å². The SMILES string of the molecule is C=CCc1nc(Cl)c2ccccc2n1. The van der Waals surface area contributed by atoms with Crippen LogP contribution < -0.4 is 0 Å². The Hall–Kier alpha value is -1.41. The maximum atomic E-state index is 6.01. The summed E-state index contributed by atoms with van der Waals surface area (Å²) in [5, 5.41) is 1.40. The number of allylic oxidation sites excluding steroid dienone is 1. The Morgan fingerprint density at radius 1 is 1.29 bits per heavy atom. The number of nitrogens with zero attached hydrogens (tertiary/aromatic N) is 2. The smallest absolute Gasteiger partial charge is 0.140 e. The summed E-state index contributed by atoms with van der Waals surface area (Å²) in [5.74, 6) is 0.712. The summed E-state index contributed by atoms with van der Waals surface area (Å²) in [6.07, 6.45) is 2.41. The van der Waals surface area contributed by atoms with E-state index in [9.17, 15) is 0 Å². The second-order valence-corrected chi connectivity index (χ2v) is 3.30. The van der Waals surface area contributed by atoms with Crippen molar-refractivity contribution in [3.8, 4) is 0 Å². The summed E-state index contributed by atoms with van der Waals surface area (Å²) >= 11 is 6.01. The summed E-state index contributed by atoms with van der Waals surface area (Å²) in [6, 6.07) is 7.69.